The Morgan fingerprint density at radius 3 is 2.18 bits per heavy atom. The van der Waals surface area contributed by atoms with E-state index < -0.39 is 0 Å². The SMILES string of the molecule is O=C(Cc1ccccc1)c1ccc(-c2ccc3ccncc3c2)cc1OCc1ccccc1. The topological polar surface area (TPSA) is 39.2 Å². The Bertz CT molecular complexity index is 1400. The molecule has 0 unspecified atom stereocenters. The Labute approximate surface area is 193 Å². The molecule has 4 aromatic carbocycles. The number of pyridine rings is 1. The first-order valence-electron chi connectivity index (χ1n) is 11.0. The van der Waals surface area contributed by atoms with Crippen LogP contribution in [0.5, 0.6) is 5.75 Å². The van der Waals surface area contributed by atoms with Gasteiger partial charge in [-0.1, -0.05) is 78.9 Å². The molecule has 0 amide bonds. The van der Waals surface area contributed by atoms with Crippen LogP contribution in [0.4, 0.5) is 0 Å². The third kappa shape index (κ3) is 4.83. The van der Waals surface area contributed by atoms with Crippen molar-refractivity contribution in [2.75, 3.05) is 0 Å². The highest BCUT2D eigenvalue weighted by atomic mass is 16.5. The number of hydrogen-bond acceptors (Lipinski definition) is 3. The summed E-state index contributed by atoms with van der Waals surface area (Å²) in [6.07, 6.45) is 4.00. The maximum atomic E-state index is 13.2. The highest BCUT2D eigenvalue weighted by molar-refractivity contribution is 6.00. The normalized spacial score (nSPS) is 10.8. The van der Waals surface area contributed by atoms with E-state index in [1.54, 1.807) is 6.20 Å². The van der Waals surface area contributed by atoms with Crippen LogP contribution in [0.1, 0.15) is 21.5 Å². The minimum atomic E-state index is 0.0403. The van der Waals surface area contributed by atoms with Crippen molar-refractivity contribution in [1.29, 1.82) is 0 Å². The largest absolute Gasteiger partial charge is 0.488 e. The molecule has 0 radical (unpaired) electrons. The van der Waals surface area contributed by atoms with Crippen molar-refractivity contribution in [3.63, 3.8) is 0 Å². The molecule has 3 heteroatoms. The number of hydrogen-bond donors (Lipinski definition) is 0. The van der Waals surface area contributed by atoms with Gasteiger partial charge in [-0.25, -0.2) is 0 Å². The molecule has 0 bridgehead atoms. The van der Waals surface area contributed by atoms with Gasteiger partial charge in [-0.15, -0.1) is 0 Å². The summed E-state index contributed by atoms with van der Waals surface area (Å²) in [5.41, 5.74) is 4.70. The summed E-state index contributed by atoms with van der Waals surface area (Å²) in [6, 6.07) is 33.9. The predicted molar refractivity (Wildman–Crippen MR) is 132 cm³/mol. The third-order valence-corrected chi connectivity index (χ3v) is 5.70. The Hall–Kier alpha value is -4.24. The number of ketones is 1. The van der Waals surface area contributed by atoms with E-state index in [0.29, 0.717) is 24.3 Å². The van der Waals surface area contributed by atoms with Gasteiger partial charge in [0, 0.05) is 24.2 Å². The molecule has 0 spiro atoms. The number of Topliss-reactive ketones (excluding diaryl/α,β-unsaturated/α-hetero) is 1. The lowest BCUT2D eigenvalue weighted by atomic mass is 9.97. The van der Waals surface area contributed by atoms with Crippen molar-refractivity contribution < 1.29 is 9.53 Å². The van der Waals surface area contributed by atoms with Crippen molar-refractivity contribution in [3.8, 4) is 16.9 Å². The zero-order valence-electron chi connectivity index (χ0n) is 18.1. The molecule has 0 aliphatic carbocycles. The Morgan fingerprint density at radius 1 is 0.697 bits per heavy atom. The number of nitrogens with zero attached hydrogens (tertiary/aromatic N) is 1. The standard InChI is InChI=1S/C30H23NO2/c32-29(17-22-7-3-1-4-8-22)28-14-13-26(19-30(28)33-21-23-9-5-2-6-10-23)25-12-11-24-15-16-31-20-27(24)18-25/h1-16,18-20H,17,21H2. The molecule has 3 nitrogen and oxygen atoms in total. The molecule has 0 aliphatic rings. The van der Waals surface area contributed by atoms with Crippen molar-refractivity contribution in [2.45, 2.75) is 13.0 Å². The first-order valence-corrected chi connectivity index (χ1v) is 11.0. The fourth-order valence-corrected chi connectivity index (χ4v) is 3.93. The monoisotopic (exact) mass is 429 g/mol. The average Bonchev–Trinajstić information content (AvgIpc) is 2.88. The lowest BCUT2D eigenvalue weighted by molar-refractivity contribution is 0.0988. The van der Waals surface area contributed by atoms with E-state index >= 15 is 0 Å². The highest BCUT2D eigenvalue weighted by Gasteiger charge is 2.15. The average molecular weight is 430 g/mol. The highest BCUT2D eigenvalue weighted by Crippen LogP contribution is 2.31. The van der Waals surface area contributed by atoms with E-state index in [9.17, 15) is 4.79 Å². The fourth-order valence-electron chi connectivity index (χ4n) is 3.93. The number of carbonyl (C=O) groups excluding carboxylic acids is 1. The first-order chi connectivity index (χ1) is 16.3. The van der Waals surface area contributed by atoms with Crippen molar-refractivity contribution in [1.82, 2.24) is 4.98 Å². The maximum absolute atomic E-state index is 13.2. The van der Waals surface area contributed by atoms with Crippen LogP contribution in [0.15, 0.2) is 116 Å². The molecule has 1 heterocycles. The van der Waals surface area contributed by atoms with Gasteiger partial charge >= 0.3 is 0 Å². The second kappa shape index (κ2) is 9.49. The zero-order valence-corrected chi connectivity index (χ0v) is 18.1. The number of rotatable bonds is 7. The molecule has 0 saturated heterocycles. The van der Waals surface area contributed by atoms with Crippen LogP contribution in [0.2, 0.25) is 0 Å². The molecule has 5 rings (SSSR count). The van der Waals surface area contributed by atoms with Gasteiger partial charge in [-0.05, 0) is 51.9 Å². The van der Waals surface area contributed by atoms with E-state index in [1.165, 1.54) is 0 Å². The van der Waals surface area contributed by atoms with Gasteiger partial charge in [-0.3, -0.25) is 9.78 Å². The van der Waals surface area contributed by atoms with Crippen LogP contribution >= 0.6 is 0 Å². The number of carbonyl (C=O) groups is 1. The summed E-state index contributed by atoms with van der Waals surface area (Å²) < 4.78 is 6.20. The Kier molecular flexibility index (Phi) is 5.94. The van der Waals surface area contributed by atoms with E-state index in [1.807, 2.05) is 91.1 Å². The number of aromatic nitrogens is 1. The Balaban J connectivity index is 1.49. The van der Waals surface area contributed by atoms with Crippen molar-refractivity contribution >= 4 is 16.6 Å². The van der Waals surface area contributed by atoms with Gasteiger partial charge in [0.1, 0.15) is 12.4 Å². The second-order valence-electron chi connectivity index (χ2n) is 8.01. The molecular formula is C30H23NO2. The third-order valence-electron chi connectivity index (χ3n) is 5.70. The predicted octanol–water partition coefficient (Wildman–Crippen LogP) is 6.91. The van der Waals surface area contributed by atoms with Crippen molar-refractivity contribution in [3.05, 3.63) is 132 Å². The molecular weight excluding hydrogens is 406 g/mol. The summed E-state index contributed by atoms with van der Waals surface area (Å²) in [5, 5.41) is 2.22. The van der Waals surface area contributed by atoms with Gasteiger partial charge in [0.15, 0.2) is 5.78 Å². The lowest BCUT2D eigenvalue weighted by Crippen LogP contribution is -2.07. The minimum Gasteiger partial charge on any atom is -0.488 e. The summed E-state index contributed by atoms with van der Waals surface area (Å²) >= 11 is 0. The minimum absolute atomic E-state index is 0.0403. The van der Waals surface area contributed by atoms with Gasteiger partial charge < -0.3 is 4.74 Å². The fraction of sp³-hybridized carbons (Fsp3) is 0.0667. The molecule has 0 atom stereocenters. The number of ether oxygens (including phenoxy) is 1. The first kappa shape index (κ1) is 20.7. The van der Waals surface area contributed by atoms with Gasteiger partial charge in [-0.2, -0.15) is 0 Å². The molecule has 33 heavy (non-hydrogen) atoms. The summed E-state index contributed by atoms with van der Waals surface area (Å²) in [6.45, 7) is 0.400. The van der Waals surface area contributed by atoms with Crippen LogP contribution < -0.4 is 4.74 Å². The molecule has 0 N–H and O–H groups in total. The molecule has 5 aromatic rings. The molecule has 0 fully saturated rings. The quantitative estimate of drug-likeness (QED) is 0.264. The van der Waals surface area contributed by atoms with Crippen LogP contribution in [0.25, 0.3) is 21.9 Å². The summed E-state index contributed by atoms with van der Waals surface area (Å²) in [7, 11) is 0. The van der Waals surface area contributed by atoms with Gasteiger partial charge in [0.05, 0.1) is 5.56 Å². The van der Waals surface area contributed by atoms with Gasteiger partial charge in [0.2, 0.25) is 0 Å². The molecule has 0 aliphatic heterocycles. The lowest BCUT2D eigenvalue weighted by Gasteiger charge is -2.14. The van der Waals surface area contributed by atoms with Crippen LogP contribution in [-0.2, 0) is 13.0 Å². The summed E-state index contributed by atoms with van der Waals surface area (Å²) in [4.78, 5) is 17.4. The van der Waals surface area contributed by atoms with Crippen LogP contribution in [0.3, 0.4) is 0 Å². The maximum Gasteiger partial charge on any atom is 0.170 e. The smallest absolute Gasteiger partial charge is 0.170 e. The molecule has 160 valence electrons. The van der Waals surface area contributed by atoms with E-state index in [0.717, 1.165) is 33.0 Å². The van der Waals surface area contributed by atoms with Gasteiger partial charge in [0.25, 0.3) is 0 Å². The van der Waals surface area contributed by atoms with Crippen molar-refractivity contribution in [2.24, 2.45) is 0 Å². The molecule has 0 saturated carbocycles. The van der Waals surface area contributed by atoms with E-state index in [-0.39, 0.29) is 5.78 Å². The zero-order chi connectivity index (χ0) is 22.5. The van der Waals surface area contributed by atoms with E-state index in [2.05, 4.69) is 23.2 Å². The number of benzene rings is 4. The Morgan fingerprint density at radius 2 is 1.39 bits per heavy atom. The summed E-state index contributed by atoms with van der Waals surface area (Å²) in [5.74, 6) is 0.641. The van der Waals surface area contributed by atoms with E-state index in [4.69, 9.17) is 4.74 Å². The van der Waals surface area contributed by atoms with Crippen LogP contribution in [-0.4, -0.2) is 10.8 Å². The van der Waals surface area contributed by atoms with Crippen LogP contribution in [0, 0.1) is 0 Å². The number of fused-ring (bicyclic) bond motifs is 1. The molecule has 1 aromatic heterocycles. The second-order valence-corrected chi connectivity index (χ2v) is 8.01.